The fourth-order valence-corrected chi connectivity index (χ4v) is 1.53. The maximum absolute atomic E-state index is 11.2. The van der Waals surface area contributed by atoms with E-state index >= 15 is 0 Å². The first-order valence-corrected chi connectivity index (χ1v) is 5.89. The summed E-state index contributed by atoms with van der Waals surface area (Å²) in [5, 5.41) is 13.7. The fraction of sp³-hybridized carbons (Fsp3) is 0.333. The van der Waals surface area contributed by atoms with Crippen LogP contribution >= 0.6 is 0 Å². The Morgan fingerprint density at radius 3 is 2.78 bits per heavy atom. The van der Waals surface area contributed by atoms with Crippen LogP contribution in [0.2, 0.25) is 0 Å². The van der Waals surface area contributed by atoms with E-state index in [-0.39, 0.29) is 5.91 Å². The molecule has 2 N–H and O–H groups in total. The van der Waals surface area contributed by atoms with E-state index in [4.69, 9.17) is 0 Å². The van der Waals surface area contributed by atoms with E-state index in [9.17, 15) is 4.79 Å². The summed E-state index contributed by atoms with van der Waals surface area (Å²) in [6.07, 6.45) is 0.393. The zero-order valence-electron chi connectivity index (χ0n) is 10.2. The van der Waals surface area contributed by atoms with E-state index in [1.54, 1.807) is 0 Å². The van der Waals surface area contributed by atoms with E-state index < -0.39 is 0 Å². The summed E-state index contributed by atoms with van der Waals surface area (Å²) in [6.45, 7) is 3.03. The van der Waals surface area contributed by atoms with E-state index in [1.165, 1.54) is 0 Å². The van der Waals surface area contributed by atoms with Crippen LogP contribution in [-0.2, 0) is 4.79 Å². The number of hydrogen-bond donors (Lipinski definition) is 2. The predicted molar refractivity (Wildman–Crippen MR) is 69.1 cm³/mol. The zero-order valence-corrected chi connectivity index (χ0v) is 10.2. The van der Waals surface area contributed by atoms with Crippen LogP contribution < -0.4 is 10.6 Å². The Kier molecular flexibility index (Phi) is 4.01. The van der Waals surface area contributed by atoms with Crippen LogP contribution in [0.15, 0.2) is 24.3 Å². The summed E-state index contributed by atoms with van der Waals surface area (Å²) in [6, 6.07) is 7.52. The third-order valence-corrected chi connectivity index (χ3v) is 2.37. The summed E-state index contributed by atoms with van der Waals surface area (Å²) in [5.41, 5.74) is 1.54. The van der Waals surface area contributed by atoms with Crippen LogP contribution in [0.3, 0.4) is 0 Å². The number of nitrogens with zero attached hydrogens (tertiary/aromatic N) is 3. The monoisotopic (exact) mass is 245 g/mol. The molecule has 0 aliphatic heterocycles. The molecule has 6 nitrogen and oxygen atoms in total. The number of amides is 1. The molecule has 0 fully saturated rings. The maximum atomic E-state index is 11.2. The number of rotatable bonds is 5. The van der Waals surface area contributed by atoms with Crippen LogP contribution in [-0.4, -0.2) is 34.2 Å². The molecule has 0 atom stereocenters. The number of aromatic nitrogens is 3. The van der Waals surface area contributed by atoms with Crippen molar-refractivity contribution < 1.29 is 4.79 Å². The highest BCUT2D eigenvalue weighted by atomic mass is 16.1. The van der Waals surface area contributed by atoms with Gasteiger partial charge in [-0.25, -0.2) is 4.98 Å². The molecule has 2 rings (SSSR count). The van der Waals surface area contributed by atoms with Gasteiger partial charge in [-0.15, -0.1) is 10.2 Å². The molecule has 0 saturated heterocycles. The van der Waals surface area contributed by atoms with Crippen LogP contribution in [0.4, 0.5) is 5.95 Å². The Hall–Kier alpha value is -2.24. The molecule has 6 heteroatoms. The number of carbonyl (C=O) groups excluding carboxylic acids is 1. The second-order valence-electron chi connectivity index (χ2n) is 3.75. The maximum Gasteiger partial charge on any atom is 0.243 e. The molecular weight excluding hydrogens is 230 g/mol. The second kappa shape index (κ2) is 5.90. The van der Waals surface area contributed by atoms with Crippen LogP contribution in [0, 0.1) is 0 Å². The number of fused-ring (bicyclic) bond motifs is 1. The van der Waals surface area contributed by atoms with Crippen LogP contribution in [0.5, 0.6) is 0 Å². The van der Waals surface area contributed by atoms with Gasteiger partial charge in [0.2, 0.25) is 11.9 Å². The molecule has 0 spiro atoms. The zero-order chi connectivity index (χ0) is 12.8. The molecule has 1 heterocycles. The average molecular weight is 245 g/mol. The first-order chi connectivity index (χ1) is 8.79. The lowest BCUT2D eigenvalue weighted by molar-refractivity contribution is -0.120. The largest absolute Gasteiger partial charge is 0.356 e. The van der Waals surface area contributed by atoms with Crippen molar-refractivity contribution in [2.45, 2.75) is 13.3 Å². The number of carbonyl (C=O) groups is 1. The Labute approximate surface area is 105 Å². The molecule has 1 aromatic heterocycles. The molecule has 0 aliphatic rings. The van der Waals surface area contributed by atoms with Crippen molar-refractivity contribution >= 4 is 22.9 Å². The quantitative estimate of drug-likeness (QED) is 0.820. The minimum Gasteiger partial charge on any atom is -0.356 e. The Morgan fingerprint density at radius 2 is 2.00 bits per heavy atom. The van der Waals surface area contributed by atoms with Gasteiger partial charge in [0.25, 0.3) is 0 Å². The van der Waals surface area contributed by atoms with Crippen molar-refractivity contribution in [1.82, 2.24) is 20.5 Å². The van der Waals surface area contributed by atoms with Gasteiger partial charge in [0.1, 0.15) is 5.52 Å². The molecule has 0 aliphatic carbocycles. The lowest BCUT2D eigenvalue weighted by Crippen LogP contribution is -2.25. The third-order valence-electron chi connectivity index (χ3n) is 2.37. The topological polar surface area (TPSA) is 79.8 Å². The number of anilines is 1. The molecule has 1 aromatic carbocycles. The highest BCUT2D eigenvalue weighted by Gasteiger charge is 2.02. The SMILES string of the molecule is CCNC(=O)CCNc1nnc2ccccc2n1. The highest BCUT2D eigenvalue weighted by Crippen LogP contribution is 2.08. The Balaban J connectivity index is 1.93. The summed E-state index contributed by atoms with van der Waals surface area (Å²) < 4.78 is 0. The lowest BCUT2D eigenvalue weighted by atomic mass is 10.3. The van der Waals surface area contributed by atoms with Gasteiger partial charge in [-0.3, -0.25) is 4.79 Å². The smallest absolute Gasteiger partial charge is 0.243 e. The van der Waals surface area contributed by atoms with Gasteiger partial charge >= 0.3 is 0 Å². The standard InChI is InChI=1S/C12H15N5O/c1-2-13-11(18)7-8-14-12-15-9-5-3-4-6-10(9)16-17-12/h3-6H,2,7-8H2,1H3,(H,13,18)(H,14,15,17). The molecular formula is C12H15N5O. The first-order valence-electron chi connectivity index (χ1n) is 5.89. The van der Waals surface area contributed by atoms with Crippen molar-refractivity contribution in [2.24, 2.45) is 0 Å². The van der Waals surface area contributed by atoms with Gasteiger partial charge in [0.05, 0.1) is 5.52 Å². The molecule has 2 aromatic rings. The molecule has 0 saturated carbocycles. The third kappa shape index (κ3) is 3.13. The van der Waals surface area contributed by atoms with Crippen LogP contribution in [0.1, 0.15) is 13.3 Å². The summed E-state index contributed by atoms with van der Waals surface area (Å²) in [5.74, 6) is 0.455. The Bertz CT molecular complexity index is 543. The van der Waals surface area contributed by atoms with Gasteiger partial charge < -0.3 is 10.6 Å². The van der Waals surface area contributed by atoms with Crippen molar-refractivity contribution in [3.05, 3.63) is 24.3 Å². The minimum atomic E-state index is 0.0127. The number of benzene rings is 1. The highest BCUT2D eigenvalue weighted by molar-refractivity contribution is 5.76. The van der Waals surface area contributed by atoms with Gasteiger partial charge in [-0.05, 0) is 19.1 Å². The average Bonchev–Trinajstić information content (AvgIpc) is 2.39. The number of para-hydroxylation sites is 1. The van der Waals surface area contributed by atoms with Crippen molar-refractivity contribution in [3.8, 4) is 0 Å². The summed E-state index contributed by atoms with van der Waals surface area (Å²) >= 11 is 0. The predicted octanol–water partition coefficient (Wildman–Crippen LogP) is 0.963. The number of nitrogens with one attached hydrogen (secondary N) is 2. The van der Waals surface area contributed by atoms with E-state index in [1.807, 2.05) is 31.2 Å². The van der Waals surface area contributed by atoms with Gasteiger partial charge in [-0.1, -0.05) is 12.1 Å². The normalized spacial score (nSPS) is 10.3. The fourth-order valence-electron chi connectivity index (χ4n) is 1.53. The van der Waals surface area contributed by atoms with E-state index in [2.05, 4.69) is 25.8 Å². The number of hydrogen-bond acceptors (Lipinski definition) is 5. The molecule has 0 bridgehead atoms. The van der Waals surface area contributed by atoms with Crippen LogP contribution in [0.25, 0.3) is 11.0 Å². The molecule has 18 heavy (non-hydrogen) atoms. The van der Waals surface area contributed by atoms with E-state index in [0.717, 1.165) is 11.0 Å². The van der Waals surface area contributed by atoms with Gasteiger partial charge in [0, 0.05) is 19.5 Å². The molecule has 0 radical (unpaired) electrons. The minimum absolute atomic E-state index is 0.0127. The van der Waals surface area contributed by atoms with Crippen molar-refractivity contribution in [1.29, 1.82) is 0 Å². The van der Waals surface area contributed by atoms with Crippen molar-refractivity contribution in [3.63, 3.8) is 0 Å². The van der Waals surface area contributed by atoms with Gasteiger partial charge in [0.15, 0.2) is 0 Å². The molecule has 94 valence electrons. The lowest BCUT2D eigenvalue weighted by Gasteiger charge is -2.04. The summed E-state index contributed by atoms with van der Waals surface area (Å²) in [4.78, 5) is 15.5. The second-order valence-corrected chi connectivity index (χ2v) is 3.75. The first kappa shape index (κ1) is 12.2. The van der Waals surface area contributed by atoms with E-state index in [0.29, 0.717) is 25.5 Å². The summed E-state index contributed by atoms with van der Waals surface area (Å²) in [7, 11) is 0. The molecule has 1 amide bonds. The van der Waals surface area contributed by atoms with Gasteiger partial charge in [-0.2, -0.15) is 0 Å². The molecule has 0 unspecified atom stereocenters. The Morgan fingerprint density at radius 1 is 1.22 bits per heavy atom. The van der Waals surface area contributed by atoms with Crippen molar-refractivity contribution in [2.75, 3.05) is 18.4 Å².